The molecule has 0 radical (unpaired) electrons. The Morgan fingerprint density at radius 2 is 2.04 bits per heavy atom. The standard InChI is InChI=1S/C19H19N7/c1-2-6-14(7-3-1)26-10-8-15-16-17(25-24-15)22-19(23-18(16)26)21-12-13-5-4-9-20-11-13/h1-7,9,11,15,24H,8,10,12H2,(H2,21,22,23,25). The van der Waals surface area contributed by atoms with Crippen molar-refractivity contribution in [2.24, 2.45) is 0 Å². The van der Waals surface area contributed by atoms with E-state index in [2.05, 4.69) is 55.3 Å². The van der Waals surface area contributed by atoms with Crippen LogP contribution in [0.3, 0.4) is 0 Å². The molecule has 1 atom stereocenters. The van der Waals surface area contributed by atoms with E-state index in [0.29, 0.717) is 12.5 Å². The van der Waals surface area contributed by atoms with Crippen molar-refractivity contribution in [3.8, 4) is 0 Å². The lowest BCUT2D eigenvalue weighted by Gasteiger charge is -2.32. The van der Waals surface area contributed by atoms with Crippen molar-refractivity contribution in [2.45, 2.75) is 19.0 Å². The fraction of sp³-hybridized carbons (Fsp3) is 0.211. The first-order valence-electron chi connectivity index (χ1n) is 8.77. The molecule has 2 aliphatic heterocycles. The monoisotopic (exact) mass is 345 g/mol. The second-order valence-corrected chi connectivity index (χ2v) is 6.45. The van der Waals surface area contributed by atoms with Crippen molar-refractivity contribution in [3.63, 3.8) is 0 Å². The number of hydrogen-bond donors (Lipinski definition) is 3. The molecule has 5 rings (SSSR count). The highest BCUT2D eigenvalue weighted by molar-refractivity contribution is 5.73. The number of aromatic nitrogens is 3. The minimum Gasteiger partial charge on any atom is -0.350 e. The van der Waals surface area contributed by atoms with Crippen LogP contribution in [0.25, 0.3) is 0 Å². The number of rotatable bonds is 4. The van der Waals surface area contributed by atoms with Crippen molar-refractivity contribution in [3.05, 3.63) is 66.0 Å². The van der Waals surface area contributed by atoms with Gasteiger partial charge in [0.25, 0.3) is 0 Å². The fourth-order valence-corrected chi connectivity index (χ4v) is 3.51. The highest BCUT2D eigenvalue weighted by Crippen LogP contribution is 2.43. The Hall–Kier alpha value is -3.19. The summed E-state index contributed by atoms with van der Waals surface area (Å²) >= 11 is 0. The molecule has 26 heavy (non-hydrogen) atoms. The van der Waals surface area contributed by atoms with Crippen molar-refractivity contribution < 1.29 is 0 Å². The molecule has 1 unspecified atom stereocenters. The molecule has 0 saturated heterocycles. The van der Waals surface area contributed by atoms with Crippen LogP contribution in [0.4, 0.5) is 23.3 Å². The Balaban J connectivity index is 1.50. The van der Waals surface area contributed by atoms with Crippen molar-refractivity contribution in [1.29, 1.82) is 0 Å². The minimum atomic E-state index is 0.257. The summed E-state index contributed by atoms with van der Waals surface area (Å²) < 4.78 is 0. The molecule has 0 amide bonds. The average molecular weight is 345 g/mol. The molecule has 0 spiro atoms. The summed E-state index contributed by atoms with van der Waals surface area (Å²) in [6.07, 6.45) is 4.62. The van der Waals surface area contributed by atoms with Crippen molar-refractivity contribution in [1.82, 2.24) is 20.4 Å². The normalized spacial score (nSPS) is 17.5. The van der Waals surface area contributed by atoms with Crippen LogP contribution in [0, 0.1) is 0 Å². The van der Waals surface area contributed by atoms with Gasteiger partial charge >= 0.3 is 0 Å². The first kappa shape index (κ1) is 15.1. The van der Waals surface area contributed by atoms with Crippen molar-refractivity contribution >= 4 is 23.3 Å². The first-order valence-corrected chi connectivity index (χ1v) is 8.77. The second-order valence-electron chi connectivity index (χ2n) is 6.45. The van der Waals surface area contributed by atoms with Gasteiger partial charge in [-0.1, -0.05) is 24.3 Å². The molecule has 2 aliphatic rings. The molecule has 1 aromatic carbocycles. The van der Waals surface area contributed by atoms with E-state index in [1.54, 1.807) is 6.20 Å². The van der Waals surface area contributed by atoms with Gasteiger partial charge in [0.1, 0.15) is 5.82 Å². The zero-order chi connectivity index (χ0) is 17.3. The van der Waals surface area contributed by atoms with Crippen LogP contribution in [0.15, 0.2) is 54.9 Å². The van der Waals surface area contributed by atoms with Gasteiger partial charge in [-0.2, -0.15) is 9.97 Å². The SMILES string of the molecule is c1ccc(N2CCC3NNc4nc(NCc5cccnc5)nc2c43)cc1. The number of hydrogen-bond acceptors (Lipinski definition) is 7. The van der Waals surface area contributed by atoms with Crippen LogP contribution < -0.4 is 21.1 Å². The lowest BCUT2D eigenvalue weighted by atomic mass is 10.0. The molecule has 130 valence electrons. The van der Waals surface area contributed by atoms with Gasteiger partial charge in [0.15, 0.2) is 5.82 Å². The smallest absolute Gasteiger partial charge is 0.226 e. The van der Waals surface area contributed by atoms with E-state index in [9.17, 15) is 0 Å². The van der Waals surface area contributed by atoms with Crippen LogP contribution in [0.2, 0.25) is 0 Å². The van der Waals surface area contributed by atoms with Gasteiger partial charge in [-0.15, -0.1) is 0 Å². The highest BCUT2D eigenvalue weighted by atomic mass is 15.4. The number of hydrazine groups is 1. The fourth-order valence-electron chi connectivity index (χ4n) is 3.51. The minimum absolute atomic E-state index is 0.257. The van der Waals surface area contributed by atoms with Crippen LogP contribution in [-0.4, -0.2) is 21.5 Å². The quantitative estimate of drug-likeness (QED) is 0.671. The molecule has 7 nitrogen and oxygen atoms in total. The summed E-state index contributed by atoms with van der Waals surface area (Å²) in [5.41, 5.74) is 9.92. The van der Waals surface area contributed by atoms with E-state index in [4.69, 9.17) is 4.98 Å². The zero-order valence-electron chi connectivity index (χ0n) is 14.2. The van der Waals surface area contributed by atoms with E-state index >= 15 is 0 Å². The third-order valence-electron chi connectivity index (χ3n) is 4.78. The zero-order valence-corrected chi connectivity index (χ0v) is 14.2. The average Bonchev–Trinajstić information content (AvgIpc) is 3.12. The maximum atomic E-state index is 4.84. The Kier molecular flexibility index (Phi) is 3.64. The van der Waals surface area contributed by atoms with E-state index in [0.717, 1.165) is 41.4 Å². The summed E-state index contributed by atoms with van der Waals surface area (Å²) in [6, 6.07) is 14.6. The Bertz CT molecular complexity index is 914. The molecular weight excluding hydrogens is 326 g/mol. The second kappa shape index (κ2) is 6.27. The lowest BCUT2D eigenvalue weighted by Crippen LogP contribution is -2.31. The maximum absolute atomic E-state index is 4.84. The third-order valence-corrected chi connectivity index (χ3v) is 4.78. The summed E-state index contributed by atoms with van der Waals surface area (Å²) in [5.74, 6) is 2.43. The topological polar surface area (TPSA) is 78.0 Å². The van der Waals surface area contributed by atoms with Gasteiger partial charge in [-0.3, -0.25) is 4.98 Å². The number of nitrogens with zero attached hydrogens (tertiary/aromatic N) is 4. The van der Waals surface area contributed by atoms with E-state index in [1.165, 1.54) is 0 Å². The summed E-state index contributed by atoms with van der Waals surface area (Å²) in [5, 5.41) is 3.32. The predicted molar refractivity (Wildman–Crippen MR) is 101 cm³/mol. The highest BCUT2D eigenvalue weighted by Gasteiger charge is 2.35. The van der Waals surface area contributed by atoms with E-state index in [-0.39, 0.29) is 6.04 Å². The van der Waals surface area contributed by atoms with Gasteiger partial charge in [0.05, 0.1) is 11.6 Å². The maximum Gasteiger partial charge on any atom is 0.226 e. The summed E-state index contributed by atoms with van der Waals surface area (Å²) in [4.78, 5) is 15.9. The molecule has 3 aromatic rings. The molecule has 2 aromatic heterocycles. The van der Waals surface area contributed by atoms with Crippen LogP contribution in [0.5, 0.6) is 0 Å². The number of nitrogens with one attached hydrogen (secondary N) is 3. The molecule has 0 saturated carbocycles. The molecule has 0 bridgehead atoms. The Morgan fingerprint density at radius 3 is 2.88 bits per heavy atom. The number of benzene rings is 1. The Morgan fingerprint density at radius 1 is 1.12 bits per heavy atom. The molecule has 4 heterocycles. The predicted octanol–water partition coefficient (Wildman–Crippen LogP) is 3.00. The Labute approximate surface area is 151 Å². The first-order chi connectivity index (χ1) is 12.9. The van der Waals surface area contributed by atoms with Gasteiger partial charge < -0.3 is 15.6 Å². The van der Waals surface area contributed by atoms with Crippen LogP contribution >= 0.6 is 0 Å². The number of anilines is 4. The molecule has 0 aliphatic carbocycles. The van der Waals surface area contributed by atoms with Gasteiger partial charge in [-0.05, 0) is 30.2 Å². The summed E-state index contributed by atoms with van der Waals surface area (Å²) in [7, 11) is 0. The van der Waals surface area contributed by atoms with E-state index in [1.807, 2.05) is 24.4 Å². The summed E-state index contributed by atoms with van der Waals surface area (Å²) in [6.45, 7) is 1.54. The largest absolute Gasteiger partial charge is 0.350 e. The van der Waals surface area contributed by atoms with Crippen LogP contribution in [0.1, 0.15) is 23.6 Å². The van der Waals surface area contributed by atoms with Gasteiger partial charge in [0, 0.05) is 31.2 Å². The van der Waals surface area contributed by atoms with Gasteiger partial charge in [0.2, 0.25) is 5.95 Å². The molecule has 7 heteroatoms. The van der Waals surface area contributed by atoms with Crippen molar-refractivity contribution in [2.75, 3.05) is 22.2 Å². The molecule has 0 fully saturated rings. The van der Waals surface area contributed by atoms with Crippen LogP contribution in [-0.2, 0) is 6.54 Å². The van der Waals surface area contributed by atoms with Gasteiger partial charge in [-0.25, -0.2) is 5.43 Å². The number of pyridine rings is 1. The third kappa shape index (κ3) is 2.62. The lowest BCUT2D eigenvalue weighted by molar-refractivity contribution is 0.556. The van der Waals surface area contributed by atoms with E-state index < -0.39 is 0 Å². The molecule has 3 N–H and O–H groups in total. The number of para-hydroxylation sites is 1. The molecular formula is C19H19N7.